The molecular formula is C18H26N2O. The van der Waals surface area contributed by atoms with Crippen LogP contribution in [0.1, 0.15) is 31.4 Å². The van der Waals surface area contributed by atoms with Gasteiger partial charge in [0.1, 0.15) is 6.61 Å². The van der Waals surface area contributed by atoms with Gasteiger partial charge >= 0.3 is 0 Å². The maximum atomic E-state index is 8.76. The first-order valence-electron chi connectivity index (χ1n) is 7.88. The van der Waals surface area contributed by atoms with Crippen molar-refractivity contribution in [3.63, 3.8) is 0 Å². The molecule has 114 valence electrons. The van der Waals surface area contributed by atoms with Gasteiger partial charge in [-0.2, -0.15) is 0 Å². The highest BCUT2D eigenvalue weighted by Crippen LogP contribution is 2.13. The SMILES string of the molecule is CCC(C)N1CCN(Cc2cccc(C#CCO)c2)CC1. The van der Waals surface area contributed by atoms with Gasteiger partial charge in [0.25, 0.3) is 0 Å². The Kier molecular flexibility index (Phi) is 6.25. The lowest BCUT2D eigenvalue weighted by Gasteiger charge is -2.37. The van der Waals surface area contributed by atoms with Crippen molar-refractivity contribution >= 4 is 0 Å². The van der Waals surface area contributed by atoms with Gasteiger partial charge < -0.3 is 5.11 Å². The summed E-state index contributed by atoms with van der Waals surface area (Å²) in [6, 6.07) is 9.03. The summed E-state index contributed by atoms with van der Waals surface area (Å²) < 4.78 is 0. The van der Waals surface area contributed by atoms with E-state index in [0.29, 0.717) is 6.04 Å². The van der Waals surface area contributed by atoms with Crippen molar-refractivity contribution in [2.45, 2.75) is 32.9 Å². The number of rotatable bonds is 4. The second-order valence-corrected chi connectivity index (χ2v) is 5.73. The van der Waals surface area contributed by atoms with Crippen LogP contribution in [-0.2, 0) is 6.54 Å². The first kappa shape index (κ1) is 16.0. The molecule has 1 heterocycles. The fraction of sp³-hybridized carbons (Fsp3) is 0.556. The average molecular weight is 286 g/mol. The lowest BCUT2D eigenvalue weighted by atomic mass is 10.1. The zero-order chi connectivity index (χ0) is 15.1. The van der Waals surface area contributed by atoms with Gasteiger partial charge in [0.15, 0.2) is 0 Å². The zero-order valence-electron chi connectivity index (χ0n) is 13.2. The Morgan fingerprint density at radius 3 is 2.67 bits per heavy atom. The molecule has 3 heteroatoms. The van der Waals surface area contributed by atoms with Crippen LogP contribution in [0.4, 0.5) is 0 Å². The first-order valence-corrected chi connectivity index (χ1v) is 7.88. The molecule has 1 fully saturated rings. The van der Waals surface area contributed by atoms with Crippen molar-refractivity contribution in [1.29, 1.82) is 0 Å². The van der Waals surface area contributed by atoms with Crippen LogP contribution in [0.25, 0.3) is 0 Å². The standard InChI is InChI=1S/C18H26N2O/c1-3-16(2)20-11-9-19(10-12-20)15-18-7-4-6-17(14-18)8-5-13-21/h4,6-7,14,16,21H,3,9-13,15H2,1-2H3. The number of aliphatic hydroxyl groups excluding tert-OH is 1. The van der Waals surface area contributed by atoms with Gasteiger partial charge in [-0.1, -0.05) is 30.9 Å². The minimum Gasteiger partial charge on any atom is -0.384 e. The lowest BCUT2D eigenvalue weighted by Crippen LogP contribution is -2.48. The van der Waals surface area contributed by atoms with Gasteiger partial charge in [-0.3, -0.25) is 9.80 Å². The number of nitrogens with zero attached hydrogens (tertiary/aromatic N) is 2. The van der Waals surface area contributed by atoms with E-state index in [1.54, 1.807) is 0 Å². The fourth-order valence-electron chi connectivity index (χ4n) is 2.77. The molecule has 1 N–H and O–H groups in total. The monoisotopic (exact) mass is 286 g/mol. The summed E-state index contributed by atoms with van der Waals surface area (Å²) in [5, 5.41) is 8.76. The molecule has 0 bridgehead atoms. The lowest BCUT2D eigenvalue weighted by molar-refractivity contribution is 0.0964. The van der Waals surface area contributed by atoms with Gasteiger partial charge in [-0.25, -0.2) is 0 Å². The van der Waals surface area contributed by atoms with Crippen molar-refractivity contribution < 1.29 is 5.11 Å². The topological polar surface area (TPSA) is 26.7 Å². The molecule has 1 aromatic rings. The minimum absolute atomic E-state index is 0.0815. The molecule has 0 saturated carbocycles. The van der Waals surface area contributed by atoms with Crippen LogP contribution in [0.2, 0.25) is 0 Å². The Balaban J connectivity index is 1.89. The maximum Gasteiger partial charge on any atom is 0.104 e. The zero-order valence-corrected chi connectivity index (χ0v) is 13.2. The van der Waals surface area contributed by atoms with Crippen LogP contribution in [-0.4, -0.2) is 53.7 Å². The third kappa shape index (κ3) is 4.86. The third-order valence-electron chi connectivity index (χ3n) is 4.27. The molecule has 1 aliphatic rings. The van der Waals surface area contributed by atoms with Crippen LogP contribution in [0.5, 0.6) is 0 Å². The first-order chi connectivity index (χ1) is 10.2. The molecule has 1 aliphatic heterocycles. The van der Waals surface area contributed by atoms with E-state index in [1.807, 2.05) is 12.1 Å². The summed E-state index contributed by atoms with van der Waals surface area (Å²) >= 11 is 0. The normalized spacial score (nSPS) is 18.0. The Hall–Kier alpha value is -1.34. The predicted molar refractivity (Wildman–Crippen MR) is 87.0 cm³/mol. The molecule has 0 aliphatic carbocycles. The van der Waals surface area contributed by atoms with Crippen molar-refractivity contribution in [2.75, 3.05) is 32.8 Å². The van der Waals surface area contributed by atoms with Crippen LogP contribution < -0.4 is 0 Å². The number of piperazine rings is 1. The van der Waals surface area contributed by atoms with Gasteiger partial charge in [-0.05, 0) is 31.0 Å². The highest BCUT2D eigenvalue weighted by molar-refractivity contribution is 5.37. The fourth-order valence-corrected chi connectivity index (χ4v) is 2.77. The van der Waals surface area contributed by atoms with Crippen molar-refractivity contribution in [3.05, 3.63) is 35.4 Å². The van der Waals surface area contributed by atoms with Gasteiger partial charge in [0.2, 0.25) is 0 Å². The molecule has 0 aromatic heterocycles. The molecule has 1 aromatic carbocycles. The highest BCUT2D eigenvalue weighted by atomic mass is 16.2. The summed E-state index contributed by atoms with van der Waals surface area (Å²) in [6.45, 7) is 10.1. The number of benzene rings is 1. The van der Waals surface area contributed by atoms with E-state index in [9.17, 15) is 0 Å². The van der Waals surface area contributed by atoms with E-state index >= 15 is 0 Å². The van der Waals surface area contributed by atoms with Gasteiger partial charge in [0, 0.05) is 44.3 Å². The molecule has 0 radical (unpaired) electrons. The Morgan fingerprint density at radius 2 is 2.00 bits per heavy atom. The van der Waals surface area contributed by atoms with Gasteiger partial charge in [-0.15, -0.1) is 0 Å². The molecule has 2 rings (SSSR count). The van der Waals surface area contributed by atoms with E-state index in [4.69, 9.17) is 5.11 Å². The molecule has 1 unspecified atom stereocenters. The summed E-state index contributed by atoms with van der Waals surface area (Å²) in [7, 11) is 0. The third-order valence-corrected chi connectivity index (χ3v) is 4.27. The van der Waals surface area contributed by atoms with Crippen LogP contribution in [0.15, 0.2) is 24.3 Å². The largest absolute Gasteiger partial charge is 0.384 e. The molecule has 3 nitrogen and oxygen atoms in total. The molecule has 0 spiro atoms. The van der Waals surface area contributed by atoms with Crippen molar-refractivity contribution in [2.24, 2.45) is 0 Å². The number of hydrogen-bond donors (Lipinski definition) is 1. The molecule has 1 atom stereocenters. The quantitative estimate of drug-likeness (QED) is 0.857. The van der Waals surface area contributed by atoms with E-state index in [0.717, 1.165) is 25.2 Å². The van der Waals surface area contributed by atoms with E-state index in [-0.39, 0.29) is 6.61 Å². The maximum absolute atomic E-state index is 8.76. The van der Waals surface area contributed by atoms with Crippen LogP contribution in [0.3, 0.4) is 0 Å². The van der Waals surface area contributed by atoms with Crippen LogP contribution >= 0.6 is 0 Å². The molecule has 0 amide bonds. The summed E-state index contributed by atoms with van der Waals surface area (Å²) in [5.41, 5.74) is 2.29. The molecular weight excluding hydrogens is 260 g/mol. The number of aliphatic hydroxyl groups is 1. The summed E-state index contributed by atoms with van der Waals surface area (Å²) in [4.78, 5) is 5.09. The summed E-state index contributed by atoms with van der Waals surface area (Å²) in [6.07, 6.45) is 1.23. The minimum atomic E-state index is -0.0815. The average Bonchev–Trinajstić information content (AvgIpc) is 2.53. The highest BCUT2D eigenvalue weighted by Gasteiger charge is 2.19. The predicted octanol–water partition coefficient (Wildman–Crippen LogP) is 1.95. The smallest absolute Gasteiger partial charge is 0.104 e. The Labute approximate surface area is 128 Å². The molecule has 21 heavy (non-hydrogen) atoms. The molecule has 1 saturated heterocycles. The van der Waals surface area contributed by atoms with Crippen molar-refractivity contribution in [3.8, 4) is 11.8 Å². The summed E-state index contributed by atoms with van der Waals surface area (Å²) in [5.74, 6) is 5.68. The Bertz CT molecular complexity index is 495. The van der Waals surface area contributed by atoms with Gasteiger partial charge in [0.05, 0.1) is 0 Å². The van der Waals surface area contributed by atoms with E-state index in [2.05, 4.69) is 47.6 Å². The van der Waals surface area contributed by atoms with E-state index in [1.165, 1.54) is 25.1 Å². The second kappa shape index (κ2) is 8.19. The Morgan fingerprint density at radius 1 is 1.24 bits per heavy atom. The van der Waals surface area contributed by atoms with Crippen LogP contribution in [0, 0.1) is 11.8 Å². The van der Waals surface area contributed by atoms with Crippen molar-refractivity contribution in [1.82, 2.24) is 9.80 Å². The second-order valence-electron chi connectivity index (χ2n) is 5.73. The number of hydrogen-bond acceptors (Lipinski definition) is 3. The van der Waals surface area contributed by atoms with E-state index < -0.39 is 0 Å².